The molecule has 4 heteroatoms. The maximum atomic E-state index is 13.1. The summed E-state index contributed by atoms with van der Waals surface area (Å²) in [7, 11) is 1.34. The lowest BCUT2D eigenvalue weighted by Gasteiger charge is -2.11. The molecule has 0 spiro atoms. The Hall–Kier alpha value is -1.42. The van der Waals surface area contributed by atoms with Crippen LogP contribution in [0.25, 0.3) is 0 Å². The van der Waals surface area contributed by atoms with Gasteiger partial charge in [-0.3, -0.25) is 4.79 Å². The number of halogens is 1. The zero-order valence-electron chi connectivity index (χ0n) is 10.1. The summed E-state index contributed by atoms with van der Waals surface area (Å²) in [4.78, 5) is 10.9. The standard InChI is InChI=1S/C13H17FO3/c1-9(15)12-7-6-11(14)8-10(12)4-3-5-13(16)17-2/h6-9,15H,3-5H2,1-2H3. The minimum Gasteiger partial charge on any atom is -0.469 e. The first-order chi connectivity index (χ1) is 8.04. The molecule has 1 aromatic carbocycles. The lowest BCUT2D eigenvalue weighted by Crippen LogP contribution is -2.03. The third-order valence-electron chi connectivity index (χ3n) is 2.61. The molecule has 1 unspecified atom stereocenters. The Morgan fingerprint density at radius 2 is 2.24 bits per heavy atom. The van der Waals surface area contributed by atoms with Gasteiger partial charge in [-0.25, -0.2) is 4.39 Å². The Kier molecular flexibility index (Phi) is 5.10. The Labute approximate surface area is 100 Å². The highest BCUT2D eigenvalue weighted by molar-refractivity contribution is 5.69. The molecule has 0 radical (unpaired) electrons. The second kappa shape index (κ2) is 6.35. The van der Waals surface area contributed by atoms with E-state index in [1.165, 1.54) is 19.2 Å². The van der Waals surface area contributed by atoms with Crippen molar-refractivity contribution in [2.45, 2.75) is 32.3 Å². The average molecular weight is 240 g/mol. The predicted octanol–water partition coefficient (Wildman–Crippen LogP) is 2.37. The zero-order valence-corrected chi connectivity index (χ0v) is 10.1. The first-order valence-corrected chi connectivity index (χ1v) is 5.57. The van der Waals surface area contributed by atoms with Crippen LogP contribution >= 0.6 is 0 Å². The number of carbonyl (C=O) groups is 1. The van der Waals surface area contributed by atoms with Crippen molar-refractivity contribution in [3.05, 3.63) is 35.1 Å². The molecular formula is C13H17FO3. The molecule has 0 heterocycles. The fourth-order valence-electron chi connectivity index (χ4n) is 1.72. The normalized spacial score (nSPS) is 12.2. The van der Waals surface area contributed by atoms with Gasteiger partial charge in [0.2, 0.25) is 0 Å². The number of benzene rings is 1. The van der Waals surface area contributed by atoms with E-state index >= 15 is 0 Å². The zero-order chi connectivity index (χ0) is 12.8. The second-order valence-corrected chi connectivity index (χ2v) is 3.95. The van der Waals surface area contributed by atoms with Crippen LogP contribution in [0, 0.1) is 5.82 Å². The number of hydrogen-bond donors (Lipinski definition) is 1. The Balaban J connectivity index is 2.68. The van der Waals surface area contributed by atoms with Gasteiger partial charge in [0.1, 0.15) is 5.82 Å². The number of rotatable bonds is 5. The third kappa shape index (κ3) is 4.15. The third-order valence-corrected chi connectivity index (χ3v) is 2.61. The summed E-state index contributed by atoms with van der Waals surface area (Å²) in [5.41, 5.74) is 1.44. The largest absolute Gasteiger partial charge is 0.469 e. The van der Waals surface area contributed by atoms with E-state index in [0.29, 0.717) is 24.8 Å². The lowest BCUT2D eigenvalue weighted by molar-refractivity contribution is -0.140. The quantitative estimate of drug-likeness (QED) is 0.804. The number of ether oxygens (including phenoxy) is 1. The number of hydrogen-bond acceptors (Lipinski definition) is 3. The number of aryl methyl sites for hydroxylation is 1. The van der Waals surface area contributed by atoms with Gasteiger partial charge < -0.3 is 9.84 Å². The molecule has 0 amide bonds. The minimum atomic E-state index is -0.635. The molecule has 0 aliphatic rings. The van der Waals surface area contributed by atoms with Crippen LogP contribution in [-0.4, -0.2) is 18.2 Å². The number of esters is 1. The van der Waals surface area contributed by atoms with E-state index in [-0.39, 0.29) is 11.8 Å². The van der Waals surface area contributed by atoms with Crippen molar-refractivity contribution in [3.63, 3.8) is 0 Å². The molecule has 1 rings (SSSR count). The first kappa shape index (κ1) is 13.6. The summed E-state index contributed by atoms with van der Waals surface area (Å²) in [5, 5.41) is 9.54. The van der Waals surface area contributed by atoms with Crippen molar-refractivity contribution in [2.24, 2.45) is 0 Å². The highest BCUT2D eigenvalue weighted by atomic mass is 19.1. The summed E-state index contributed by atoms with van der Waals surface area (Å²) >= 11 is 0. The smallest absolute Gasteiger partial charge is 0.305 e. The van der Waals surface area contributed by atoms with Gasteiger partial charge in [0.15, 0.2) is 0 Å². The number of carbonyl (C=O) groups excluding carboxylic acids is 1. The van der Waals surface area contributed by atoms with Crippen molar-refractivity contribution in [2.75, 3.05) is 7.11 Å². The van der Waals surface area contributed by atoms with Crippen LogP contribution in [0.5, 0.6) is 0 Å². The van der Waals surface area contributed by atoms with Gasteiger partial charge in [-0.05, 0) is 43.0 Å². The van der Waals surface area contributed by atoms with Crippen LogP contribution in [-0.2, 0) is 16.0 Å². The fourth-order valence-corrected chi connectivity index (χ4v) is 1.72. The van der Waals surface area contributed by atoms with Crippen LogP contribution < -0.4 is 0 Å². The van der Waals surface area contributed by atoms with Gasteiger partial charge in [0.05, 0.1) is 13.2 Å². The van der Waals surface area contributed by atoms with E-state index in [9.17, 15) is 14.3 Å². The molecule has 0 aromatic heterocycles. The van der Waals surface area contributed by atoms with Crippen LogP contribution in [0.2, 0.25) is 0 Å². The number of aliphatic hydroxyl groups excluding tert-OH is 1. The second-order valence-electron chi connectivity index (χ2n) is 3.95. The van der Waals surface area contributed by atoms with E-state index in [4.69, 9.17) is 0 Å². The molecule has 0 saturated heterocycles. The van der Waals surface area contributed by atoms with Crippen molar-refractivity contribution < 1.29 is 19.0 Å². The molecule has 1 N–H and O–H groups in total. The molecule has 0 saturated carbocycles. The maximum absolute atomic E-state index is 13.1. The van der Waals surface area contributed by atoms with Crippen LogP contribution in [0.4, 0.5) is 4.39 Å². The van der Waals surface area contributed by atoms with Crippen LogP contribution in [0.3, 0.4) is 0 Å². The Bertz CT molecular complexity index is 388. The molecule has 1 atom stereocenters. The molecule has 94 valence electrons. The fraction of sp³-hybridized carbons (Fsp3) is 0.462. The van der Waals surface area contributed by atoms with Crippen LogP contribution in [0.1, 0.15) is 37.0 Å². The molecular weight excluding hydrogens is 223 g/mol. The molecule has 17 heavy (non-hydrogen) atoms. The van der Waals surface area contributed by atoms with E-state index < -0.39 is 6.10 Å². The van der Waals surface area contributed by atoms with Gasteiger partial charge in [-0.1, -0.05) is 6.07 Å². The minimum absolute atomic E-state index is 0.278. The highest BCUT2D eigenvalue weighted by Gasteiger charge is 2.09. The summed E-state index contributed by atoms with van der Waals surface area (Å²) in [6.45, 7) is 1.64. The summed E-state index contributed by atoms with van der Waals surface area (Å²) in [5.74, 6) is -0.609. The van der Waals surface area contributed by atoms with Crippen molar-refractivity contribution >= 4 is 5.97 Å². The van der Waals surface area contributed by atoms with E-state index in [1.54, 1.807) is 13.0 Å². The van der Waals surface area contributed by atoms with Crippen molar-refractivity contribution in [3.8, 4) is 0 Å². The topological polar surface area (TPSA) is 46.5 Å². The molecule has 1 aromatic rings. The number of aliphatic hydroxyl groups is 1. The average Bonchev–Trinajstić information content (AvgIpc) is 2.28. The van der Waals surface area contributed by atoms with E-state index in [1.807, 2.05) is 0 Å². The first-order valence-electron chi connectivity index (χ1n) is 5.57. The molecule has 0 aliphatic carbocycles. The van der Waals surface area contributed by atoms with E-state index in [0.717, 1.165) is 5.56 Å². The van der Waals surface area contributed by atoms with Crippen molar-refractivity contribution in [1.29, 1.82) is 0 Å². The molecule has 0 bridgehead atoms. The monoisotopic (exact) mass is 240 g/mol. The van der Waals surface area contributed by atoms with Gasteiger partial charge in [-0.2, -0.15) is 0 Å². The predicted molar refractivity (Wildman–Crippen MR) is 62.0 cm³/mol. The van der Waals surface area contributed by atoms with Crippen molar-refractivity contribution in [1.82, 2.24) is 0 Å². The SMILES string of the molecule is COC(=O)CCCc1cc(F)ccc1C(C)O. The Morgan fingerprint density at radius 3 is 2.82 bits per heavy atom. The van der Waals surface area contributed by atoms with E-state index in [2.05, 4.69) is 4.74 Å². The molecule has 3 nitrogen and oxygen atoms in total. The van der Waals surface area contributed by atoms with Gasteiger partial charge in [0.25, 0.3) is 0 Å². The van der Waals surface area contributed by atoms with Gasteiger partial charge in [0, 0.05) is 6.42 Å². The summed E-state index contributed by atoms with van der Waals surface area (Å²) in [6.07, 6.45) is 0.790. The lowest BCUT2D eigenvalue weighted by atomic mass is 9.98. The molecule has 0 aliphatic heterocycles. The summed E-state index contributed by atoms with van der Waals surface area (Å²) < 4.78 is 17.6. The Morgan fingerprint density at radius 1 is 1.53 bits per heavy atom. The van der Waals surface area contributed by atoms with Crippen LogP contribution in [0.15, 0.2) is 18.2 Å². The maximum Gasteiger partial charge on any atom is 0.305 e. The highest BCUT2D eigenvalue weighted by Crippen LogP contribution is 2.20. The summed E-state index contributed by atoms with van der Waals surface area (Å²) in [6, 6.07) is 4.30. The van der Waals surface area contributed by atoms with Gasteiger partial charge in [-0.15, -0.1) is 0 Å². The van der Waals surface area contributed by atoms with Gasteiger partial charge >= 0.3 is 5.97 Å². The number of methoxy groups -OCH3 is 1. The molecule has 0 fully saturated rings.